The van der Waals surface area contributed by atoms with E-state index in [1.54, 1.807) is 11.3 Å². The van der Waals surface area contributed by atoms with Gasteiger partial charge in [0, 0.05) is 41.5 Å². The first-order valence-corrected chi connectivity index (χ1v) is 15.9. The third-order valence-corrected chi connectivity index (χ3v) is 9.14. The highest BCUT2D eigenvalue weighted by atomic mass is 32.1. The van der Waals surface area contributed by atoms with Crippen molar-refractivity contribution in [2.75, 3.05) is 26.3 Å². The van der Waals surface area contributed by atoms with E-state index in [4.69, 9.17) is 14.7 Å². The van der Waals surface area contributed by atoms with Gasteiger partial charge in [-0.3, -0.25) is 9.69 Å². The Kier molecular flexibility index (Phi) is 8.98. The van der Waals surface area contributed by atoms with Gasteiger partial charge in [0.2, 0.25) is 5.91 Å². The van der Waals surface area contributed by atoms with E-state index in [1.165, 1.54) is 26.4 Å². The number of carbonyl (C=O) groups is 1. The summed E-state index contributed by atoms with van der Waals surface area (Å²) in [6.45, 7) is 11.9. The van der Waals surface area contributed by atoms with Crippen LogP contribution in [0.5, 0.6) is 0 Å². The highest BCUT2D eigenvalue weighted by molar-refractivity contribution is 7.12. The van der Waals surface area contributed by atoms with E-state index in [0.717, 1.165) is 79.6 Å². The summed E-state index contributed by atoms with van der Waals surface area (Å²) in [6, 6.07) is 23.1. The zero-order valence-corrected chi connectivity index (χ0v) is 26.0. The molecule has 6 rings (SSSR count). The summed E-state index contributed by atoms with van der Waals surface area (Å²) >= 11 is 1.80. The number of carbonyl (C=O) groups excluding carboxylic acids is 1. The number of thiophene rings is 1. The minimum atomic E-state index is 0.0361. The molecule has 43 heavy (non-hydrogen) atoms. The van der Waals surface area contributed by atoms with Crippen LogP contribution >= 0.6 is 11.3 Å². The first kappa shape index (κ1) is 29.2. The number of hydrogen-bond donors (Lipinski definition) is 1. The lowest BCUT2D eigenvalue weighted by molar-refractivity contribution is -0.120. The van der Waals surface area contributed by atoms with E-state index in [2.05, 4.69) is 65.0 Å². The van der Waals surface area contributed by atoms with Gasteiger partial charge >= 0.3 is 0 Å². The maximum atomic E-state index is 12.8. The van der Waals surface area contributed by atoms with Crippen molar-refractivity contribution in [2.24, 2.45) is 0 Å². The van der Waals surface area contributed by atoms with Crippen molar-refractivity contribution in [3.63, 3.8) is 0 Å². The molecule has 4 heterocycles. The number of morpholine rings is 1. The zero-order chi connectivity index (χ0) is 29.8. The summed E-state index contributed by atoms with van der Waals surface area (Å²) in [4.78, 5) is 27.5. The molecule has 2 aromatic carbocycles. The molecule has 1 aliphatic rings. The number of pyridine rings is 1. The van der Waals surface area contributed by atoms with Crippen molar-refractivity contribution in [3.05, 3.63) is 105 Å². The fourth-order valence-corrected chi connectivity index (χ4v) is 6.97. The van der Waals surface area contributed by atoms with Gasteiger partial charge in [-0.25, -0.2) is 9.97 Å². The number of aryl methyl sites for hydroxylation is 3. The maximum absolute atomic E-state index is 12.8. The van der Waals surface area contributed by atoms with Crippen molar-refractivity contribution >= 4 is 28.4 Å². The Morgan fingerprint density at radius 2 is 1.72 bits per heavy atom. The Labute approximate surface area is 257 Å². The van der Waals surface area contributed by atoms with Crippen LogP contribution in [-0.2, 0) is 42.0 Å². The fraction of sp³-hybridized carbons (Fsp3) is 0.343. The van der Waals surface area contributed by atoms with E-state index < -0.39 is 0 Å². The van der Waals surface area contributed by atoms with Crippen LogP contribution in [0.2, 0.25) is 0 Å². The molecule has 7 nitrogen and oxygen atoms in total. The second-order valence-corrected chi connectivity index (χ2v) is 12.5. The van der Waals surface area contributed by atoms with Gasteiger partial charge in [0.1, 0.15) is 11.3 Å². The lowest BCUT2D eigenvalue weighted by atomic mass is 10.0. The van der Waals surface area contributed by atoms with Gasteiger partial charge in [0.25, 0.3) is 0 Å². The number of amides is 1. The van der Waals surface area contributed by atoms with Crippen molar-refractivity contribution < 1.29 is 9.53 Å². The van der Waals surface area contributed by atoms with Crippen molar-refractivity contribution in [3.8, 4) is 11.1 Å². The minimum absolute atomic E-state index is 0.0361. The van der Waals surface area contributed by atoms with Crippen LogP contribution in [-0.4, -0.2) is 51.6 Å². The highest BCUT2D eigenvalue weighted by Crippen LogP contribution is 2.33. The molecule has 1 aliphatic heterocycles. The molecule has 1 saturated heterocycles. The molecule has 1 fully saturated rings. The molecule has 8 heteroatoms. The third-order valence-electron chi connectivity index (χ3n) is 8.02. The van der Waals surface area contributed by atoms with Crippen LogP contribution in [0.15, 0.2) is 66.7 Å². The zero-order valence-electron chi connectivity index (χ0n) is 25.2. The van der Waals surface area contributed by atoms with Gasteiger partial charge in [-0.2, -0.15) is 0 Å². The number of aromatic nitrogens is 3. The largest absolute Gasteiger partial charge is 0.379 e. The van der Waals surface area contributed by atoms with Crippen molar-refractivity contribution in [1.29, 1.82) is 0 Å². The van der Waals surface area contributed by atoms with E-state index in [0.29, 0.717) is 13.0 Å². The van der Waals surface area contributed by atoms with Crippen LogP contribution in [0.25, 0.3) is 22.3 Å². The molecule has 5 aromatic rings. The van der Waals surface area contributed by atoms with Crippen LogP contribution < -0.4 is 5.32 Å². The second kappa shape index (κ2) is 13.2. The average molecular weight is 594 g/mol. The molecule has 0 spiro atoms. The Morgan fingerprint density at radius 3 is 2.47 bits per heavy atom. The lowest BCUT2D eigenvalue weighted by Gasteiger charge is -2.25. The van der Waals surface area contributed by atoms with Gasteiger partial charge in [-0.05, 0) is 53.8 Å². The quantitative estimate of drug-likeness (QED) is 0.213. The van der Waals surface area contributed by atoms with E-state index in [-0.39, 0.29) is 5.91 Å². The monoisotopic (exact) mass is 593 g/mol. The molecule has 0 aliphatic carbocycles. The third kappa shape index (κ3) is 6.88. The Balaban J connectivity index is 1.23. The topological polar surface area (TPSA) is 72.3 Å². The highest BCUT2D eigenvalue weighted by Gasteiger charge is 2.18. The molecular formula is C35H39N5O2S. The summed E-state index contributed by atoms with van der Waals surface area (Å²) in [7, 11) is 0. The molecule has 0 atom stereocenters. The summed E-state index contributed by atoms with van der Waals surface area (Å²) < 4.78 is 7.81. The molecule has 222 valence electrons. The number of fused-ring (bicyclic) bond motifs is 1. The van der Waals surface area contributed by atoms with Crippen LogP contribution in [0, 0.1) is 13.8 Å². The standard InChI is InChI=1S/C35H39N5O2S/c1-4-32-38-34-24(2)18-25(3)37-35(34)40(32)22-27-10-12-28(13-11-27)30-20-29(23-39-14-16-42-17-15-39)43-31(30)21-36-33(41)19-26-8-6-5-7-9-26/h5-13,18,20H,4,14-17,19,21-23H2,1-3H3,(H,36,41). The number of nitrogens with one attached hydrogen (secondary N) is 1. The normalized spacial score (nSPS) is 13.9. The number of ether oxygens (including phenoxy) is 1. The first-order chi connectivity index (χ1) is 21.0. The van der Waals surface area contributed by atoms with Gasteiger partial charge in [-0.1, -0.05) is 61.5 Å². The SMILES string of the molecule is CCc1nc2c(C)cc(C)nc2n1Cc1ccc(-c2cc(CN3CCOCC3)sc2CNC(=O)Cc2ccccc2)cc1. The average Bonchev–Trinajstić information content (AvgIpc) is 3.58. The molecule has 0 unspecified atom stereocenters. The lowest BCUT2D eigenvalue weighted by Crippen LogP contribution is -2.35. The molecule has 1 amide bonds. The molecule has 0 bridgehead atoms. The smallest absolute Gasteiger partial charge is 0.224 e. The van der Waals surface area contributed by atoms with E-state index in [1.807, 2.05) is 37.3 Å². The predicted octanol–water partition coefficient (Wildman–Crippen LogP) is 6.08. The van der Waals surface area contributed by atoms with Gasteiger partial charge in [0.05, 0.1) is 32.7 Å². The van der Waals surface area contributed by atoms with E-state index >= 15 is 0 Å². The summed E-state index contributed by atoms with van der Waals surface area (Å²) in [6.07, 6.45) is 1.24. The number of benzene rings is 2. The Bertz CT molecular complexity index is 1700. The van der Waals surface area contributed by atoms with Crippen LogP contribution in [0.3, 0.4) is 0 Å². The van der Waals surface area contributed by atoms with Gasteiger partial charge in [-0.15, -0.1) is 11.3 Å². The maximum Gasteiger partial charge on any atom is 0.224 e. The molecule has 0 saturated carbocycles. The Morgan fingerprint density at radius 1 is 0.953 bits per heavy atom. The number of hydrogen-bond acceptors (Lipinski definition) is 6. The fourth-order valence-electron chi connectivity index (χ4n) is 5.80. The molecular weight excluding hydrogens is 554 g/mol. The molecule has 1 N–H and O–H groups in total. The van der Waals surface area contributed by atoms with Crippen LogP contribution in [0.4, 0.5) is 0 Å². The Hall–Kier alpha value is -3.85. The summed E-state index contributed by atoms with van der Waals surface area (Å²) in [5, 5.41) is 3.18. The minimum Gasteiger partial charge on any atom is -0.379 e. The van der Waals surface area contributed by atoms with Crippen LogP contribution in [0.1, 0.15) is 44.9 Å². The summed E-state index contributed by atoms with van der Waals surface area (Å²) in [5.41, 5.74) is 8.71. The van der Waals surface area contributed by atoms with Crippen molar-refractivity contribution in [2.45, 2.75) is 53.2 Å². The molecule has 0 radical (unpaired) electrons. The van der Waals surface area contributed by atoms with E-state index in [9.17, 15) is 4.79 Å². The van der Waals surface area contributed by atoms with Crippen molar-refractivity contribution in [1.82, 2.24) is 24.8 Å². The number of rotatable bonds is 10. The van der Waals surface area contributed by atoms with Gasteiger partial charge < -0.3 is 14.6 Å². The summed E-state index contributed by atoms with van der Waals surface area (Å²) in [5.74, 6) is 1.09. The molecule has 3 aromatic heterocycles. The second-order valence-electron chi connectivity index (χ2n) is 11.3. The first-order valence-electron chi connectivity index (χ1n) is 15.1. The number of nitrogens with zero attached hydrogens (tertiary/aromatic N) is 4. The predicted molar refractivity (Wildman–Crippen MR) is 173 cm³/mol. The van der Waals surface area contributed by atoms with Gasteiger partial charge in [0.15, 0.2) is 5.65 Å². The number of imidazole rings is 1.